The average Bonchev–Trinajstić information content (AvgIpc) is 2.90. The number of carbonyl (C=O) groups is 1. The zero-order chi connectivity index (χ0) is 15.1. The van der Waals surface area contributed by atoms with Crippen LogP contribution in [0.4, 0.5) is 0 Å². The summed E-state index contributed by atoms with van der Waals surface area (Å²) < 4.78 is 1.88. The number of aryl methyl sites for hydroxylation is 1. The van der Waals surface area contributed by atoms with Crippen LogP contribution in [0.2, 0.25) is 0 Å². The summed E-state index contributed by atoms with van der Waals surface area (Å²) in [5.41, 5.74) is 2.29. The van der Waals surface area contributed by atoms with Gasteiger partial charge in [0, 0.05) is 26.3 Å². The number of carbonyl (C=O) groups excluding carboxylic acids is 1. The van der Waals surface area contributed by atoms with Gasteiger partial charge >= 0.3 is 0 Å². The minimum absolute atomic E-state index is 0.0931. The van der Waals surface area contributed by atoms with Crippen LogP contribution in [0.15, 0.2) is 42.7 Å². The first kappa shape index (κ1) is 15.3. The zero-order valence-corrected chi connectivity index (χ0v) is 12.6. The number of hydrogen-bond acceptors (Lipinski definition) is 3. The van der Waals surface area contributed by atoms with E-state index in [2.05, 4.69) is 10.4 Å². The molecular weight excluding hydrogens is 264 g/mol. The molecule has 0 radical (unpaired) electrons. The van der Waals surface area contributed by atoms with Crippen molar-refractivity contribution in [1.82, 2.24) is 20.0 Å². The number of benzene rings is 1. The van der Waals surface area contributed by atoms with Crippen molar-refractivity contribution in [3.8, 4) is 0 Å². The van der Waals surface area contributed by atoms with E-state index in [0.29, 0.717) is 13.1 Å². The second kappa shape index (κ2) is 7.59. The summed E-state index contributed by atoms with van der Waals surface area (Å²) in [6, 6.07) is 9.99. The number of nitrogens with zero attached hydrogens (tertiary/aromatic N) is 3. The lowest BCUT2D eigenvalue weighted by Gasteiger charge is -2.17. The SMILES string of the molecule is Cc1cnn(CCNCC(=O)N(C)Cc2ccccc2)c1. The molecule has 1 amide bonds. The molecule has 0 saturated heterocycles. The molecule has 0 saturated carbocycles. The Morgan fingerprint density at radius 1 is 1.33 bits per heavy atom. The standard InChI is InChI=1S/C16H22N4O/c1-14-10-18-20(12-14)9-8-17-11-16(21)19(2)13-15-6-4-3-5-7-15/h3-7,10,12,17H,8-9,11,13H2,1-2H3. The summed E-state index contributed by atoms with van der Waals surface area (Å²) >= 11 is 0. The molecule has 2 rings (SSSR count). The Kier molecular flexibility index (Phi) is 5.51. The molecule has 0 unspecified atom stereocenters. The van der Waals surface area contributed by atoms with Gasteiger partial charge in [0.05, 0.1) is 19.3 Å². The van der Waals surface area contributed by atoms with Gasteiger partial charge in [-0.15, -0.1) is 0 Å². The lowest BCUT2D eigenvalue weighted by molar-refractivity contribution is -0.129. The third kappa shape index (κ3) is 5.04. The normalized spacial score (nSPS) is 10.6. The van der Waals surface area contributed by atoms with Crippen molar-refractivity contribution in [3.05, 3.63) is 53.9 Å². The maximum Gasteiger partial charge on any atom is 0.236 e. The van der Waals surface area contributed by atoms with Gasteiger partial charge in [0.2, 0.25) is 5.91 Å². The van der Waals surface area contributed by atoms with E-state index in [9.17, 15) is 4.79 Å². The molecule has 5 heteroatoms. The molecule has 21 heavy (non-hydrogen) atoms. The summed E-state index contributed by atoms with van der Waals surface area (Å²) in [6.45, 7) is 4.50. The van der Waals surface area contributed by atoms with E-state index >= 15 is 0 Å². The molecule has 0 aliphatic heterocycles. The smallest absolute Gasteiger partial charge is 0.236 e. The average molecular weight is 286 g/mol. The number of likely N-dealkylation sites (N-methyl/N-ethyl adjacent to an activating group) is 1. The van der Waals surface area contributed by atoms with E-state index in [1.807, 2.05) is 61.4 Å². The second-order valence-electron chi connectivity index (χ2n) is 5.19. The molecule has 1 aromatic carbocycles. The van der Waals surface area contributed by atoms with E-state index in [4.69, 9.17) is 0 Å². The number of rotatable bonds is 7. The first-order valence-electron chi connectivity index (χ1n) is 7.13. The van der Waals surface area contributed by atoms with Gasteiger partial charge in [0.1, 0.15) is 0 Å². The summed E-state index contributed by atoms with van der Waals surface area (Å²) in [7, 11) is 1.83. The van der Waals surface area contributed by atoms with E-state index in [1.165, 1.54) is 0 Å². The molecule has 1 heterocycles. The highest BCUT2D eigenvalue weighted by atomic mass is 16.2. The van der Waals surface area contributed by atoms with Crippen LogP contribution < -0.4 is 5.32 Å². The number of hydrogen-bond donors (Lipinski definition) is 1. The molecule has 2 aromatic rings. The van der Waals surface area contributed by atoms with Crippen molar-refractivity contribution >= 4 is 5.91 Å². The Hall–Kier alpha value is -2.14. The highest BCUT2D eigenvalue weighted by Gasteiger charge is 2.08. The molecule has 0 bridgehead atoms. The Balaban J connectivity index is 1.67. The molecule has 0 aliphatic rings. The quantitative estimate of drug-likeness (QED) is 0.784. The molecule has 0 aliphatic carbocycles. The van der Waals surface area contributed by atoms with E-state index < -0.39 is 0 Å². The fraction of sp³-hybridized carbons (Fsp3) is 0.375. The molecule has 1 N–H and O–H groups in total. The van der Waals surface area contributed by atoms with Gasteiger partial charge in [0.25, 0.3) is 0 Å². The Bertz CT molecular complexity index is 565. The van der Waals surface area contributed by atoms with Crippen LogP contribution in [-0.4, -0.2) is 40.7 Å². The summed E-state index contributed by atoms with van der Waals surface area (Å²) in [5, 5.41) is 7.36. The fourth-order valence-electron chi connectivity index (χ4n) is 2.06. The molecule has 112 valence electrons. The van der Waals surface area contributed by atoms with E-state index in [-0.39, 0.29) is 5.91 Å². The van der Waals surface area contributed by atoms with Gasteiger partial charge in [0.15, 0.2) is 0 Å². The van der Waals surface area contributed by atoms with E-state index in [1.54, 1.807) is 4.90 Å². The van der Waals surface area contributed by atoms with Crippen LogP contribution in [0.3, 0.4) is 0 Å². The maximum atomic E-state index is 12.0. The number of amides is 1. The third-order valence-electron chi connectivity index (χ3n) is 3.24. The minimum Gasteiger partial charge on any atom is -0.340 e. The predicted molar refractivity (Wildman–Crippen MR) is 82.7 cm³/mol. The van der Waals surface area contributed by atoms with Crippen LogP contribution >= 0.6 is 0 Å². The number of aromatic nitrogens is 2. The van der Waals surface area contributed by atoms with Crippen molar-refractivity contribution in [3.63, 3.8) is 0 Å². The van der Waals surface area contributed by atoms with Crippen LogP contribution in [0.1, 0.15) is 11.1 Å². The summed E-state index contributed by atoms with van der Waals surface area (Å²) in [6.07, 6.45) is 3.82. The fourth-order valence-corrected chi connectivity index (χ4v) is 2.06. The Morgan fingerprint density at radius 3 is 2.76 bits per heavy atom. The zero-order valence-electron chi connectivity index (χ0n) is 12.6. The van der Waals surface area contributed by atoms with Crippen molar-refractivity contribution in [2.75, 3.05) is 20.1 Å². The van der Waals surface area contributed by atoms with E-state index in [0.717, 1.165) is 24.2 Å². The maximum absolute atomic E-state index is 12.0. The van der Waals surface area contributed by atoms with Crippen LogP contribution in [0, 0.1) is 6.92 Å². The van der Waals surface area contributed by atoms with Gasteiger partial charge in [-0.2, -0.15) is 5.10 Å². The molecule has 5 nitrogen and oxygen atoms in total. The second-order valence-corrected chi connectivity index (χ2v) is 5.19. The van der Waals surface area contributed by atoms with Crippen molar-refractivity contribution in [2.45, 2.75) is 20.0 Å². The van der Waals surface area contributed by atoms with Crippen molar-refractivity contribution in [1.29, 1.82) is 0 Å². The lowest BCUT2D eigenvalue weighted by atomic mass is 10.2. The minimum atomic E-state index is 0.0931. The topological polar surface area (TPSA) is 50.2 Å². The van der Waals surface area contributed by atoms with Crippen molar-refractivity contribution in [2.24, 2.45) is 0 Å². The van der Waals surface area contributed by atoms with Gasteiger partial charge in [-0.1, -0.05) is 30.3 Å². The van der Waals surface area contributed by atoms with Gasteiger partial charge in [-0.05, 0) is 18.1 Å². The molecule has 0 fully saturated rings. The first-order valence-corrected chi connectivity index (χ1v) is 7.13. The van der Waals surface area contributed by atoms with Crippen LogP contribution in [0.25, 0.3) is 0 Å². The largest absolute Gasteiger partial charge is 0.340 e. The Labute approximate surface area is 125 Å². The summed E-state index contributed by atoms with van der Waals surface area (Å²) in [5.74, 6) is 0.0931. The lowest BCUT2D eigenvalue weighted by Crippen LogP contribution is -2.36. The van der Waals surface area contributed by atoms with Crippen LogP contribution in [-0.2, 0) is 17.9 Å². The van der Waals surface area contributed by atoms with Crippen molar-refractivity contribution < 1.29 is 4.79 Å². The molecule has 0 spiro atoms. The Morgan fingerprint density at radius 2 is 2.10 bits per heavy atom. The van der Waals surface area contributed by atoms with Gasteiger partial charge in [-0.3, -0.25) is 9.48 Å². The van der Waals surface area contributed by atoms with Crippen LogP contribution in [0.5, 0.6) is 0 Å². The summed E-state index contributed by atoms with van der Waals surface area (Å²) in [4.78, 5) is 13.7. The molecular formula is C16H22N4O. The third-order valence-corrected chi connectivity index (χ3v) is 3.24. The highest BCUT2D eigenvalue weighted by molar-refractivity contribution is 5.77. The van der Waals surface area contributed by atoms with Gasteiger partial charge < -0.3 is 10.2 Å². The monoisotopic (exact) mass is 286 g/mol. The molecule has 1 aromatic heterocycles. The first-order chi connectivity index (χ1) is 10.1. The predicted octanol–water partition coefficient (Wildman–Crippen LogP) is 1.44. The number of nitrogens with one attached hydrogen (secondary N) is 1. The molecule has 0 atom stereocenters. The highest BCUT2D eigenvalue weighted by Crippen LogP contribution is 2.02. The van der Waals surface area contributed by atoms with Gasteiger partial charge in [-0.25, -0.2) is 0 Å².